The standard InChI is InChI=1S/C24H30N10O6S4/c25-5-1-3-11(26)19(35)29-7-8-41-9-12-13(4-2-6-28-12)43-14-10-42-22-16(21(37)34(22)17(14)23(38)39)30-20(36)15(32-40)18-31-24(27)44-33-18/h2,4,6,11,16,22,40H,1,3,5,7-10,25-26H2,(H,29,35)(H,30,36)(H,38,39)(H2,27,31,33)/b32-15-/t11-,16+,22-/m0/s1. The summed E-state index contributed by atoms with van der Waals surface area (Å²) in [7, 11) is 0. The van der Waals surface area contributed by atoms with Gasteiger partial charge in [0.15, 0.2) is 5.13 Å². The Labute approximate surface area is 268 Å². The van der Waals surface area contributed by atoms with E-state index in [0.717, 1.165) is 27.0 Å². The van der Waals surface area contributed by atoms with Crippen LogP contribution in [-0.2, 0) is 24.9 Å². The Morgan fingerprint density at radius 2 is 2.11 bits per heavy atom. The minimum Gasteiger partial charge on any atom is -0.477 e. The molecule has 2 aromatic heterocycles. The van der Waals surface area contributed by atoms with Crippen LogP contribution in [0.1, 0.15) is 24.4 Å². The third kappa shape index (κ3) is 7.80. The number of fused-ring (bicyclic) bond motifs is 1. The van der Waals surface area contributed by atoms with Gasteiger partial charge >= 0.3 is 5.97 Å². The van der Waals surface area contributed by atoms with Crippen LogP contribution in [0.2, 0.25) is 0 Å². The van der Waals surface area contributed by atoms with E-state index in [9.17, 15) is 29.5 Å². The molecule has 10 N–H and O–H groups in total. The van der Waals surface area contributed by atoms with Crippen LogP contribution in [0.25, 0.3) is 0 Å². The molecule has 0 aliphatic carbocycles. The van der Waals surface area contributed by atoms with Crippen molar-refractivity contribution in [2.45, 2.75) is 40.9 Å². The van der Waals surface area contributed by atoms with Crippen LogP contribution in [0.3, 0.4) is 0 Å². The van der Waals surface area contributed by atoms with Gasteiger partial charge in [-0.2, -0.15) is 21.1 Å². The van der Waals surface area contributed by atoms with E-state index in [1.807, 2.05) is 6.07 Å². The monoisotopic (exact) mass is 682 g/mol. The van der Waals surface area contributed by atoms with Crippen LogP contribution in [0.15, 0.2) is 39.0 Å². The Morgan fingerprint density at radius 3 is 2.80 bits per heavy atom. The number of thioether (sulfide) groups is 3. The van der Waals surface area contributed by atoms with E-state index < -0.39 is 41.0 Å². The van der Waals surface area contributed by atoms with Crippen molar-refractivity contribution < 1.29 is 29.5 Å². The molecule has 0 radical (unpaired) electrons. The van der Waals surface area contributed by atoms with Crippen LogP contribution in [0.4, 0.5) is 5.13 Å². The smallest absolute Gasteiger partial charge is 0.353 e. The average molecular weight is 683 g/mol. The number of carboxylic acid groups (broad SMARTS) is 1. The third-order valence-corrected chi connectivity index (χ3v) is 10.5. The molecule has 0 spiro atoms. The molecule has 2 aromatic rings. The first kappa shape index (κ1) is 33.5. The highest BCUT2D eigenvalue weighted by molar-refractivity contribution is 8.06. The quantitative estimate of drug-likeness (QED) is 0.0414. The molecule has 1 saturated heterocycles. The molecular weight excluding hydrogens is 653 g/mol. The molecule has 4 rings (SSSR count). The number of carbonyl (C=O) groups excluding carboxylic acids is 3. The maximum absolute atomic E-state index is 13.1. The van der Waals surface area contributed by atoms with Gasteiger partial charge in [0.05, 0.1) is 11.7 Å². The van der Waals surface area contributed by atoms with E-state index in [-0.39, 0.29) is 28.3 Å². The van der Waals surface area contributed by atoms with Gasteiger partial charge in [-0.25, -0.2) is 4.79 Å². The van der Waals surface area contributed by atoms with Gasteiger partial charge in [-0.05, 0) is 31.5 Å². The van der Waals surface area contributed by atoms with Crippen LogP contribution >= 0.6 is 46.8 Å². The maximum atomic E-state index is 13.1. The van der Waals surface area contributed by atoms with E-state index in [2.05, 4.69) is 30.1 Å². The van der Waals surface area contributed by atoms with E-state index in [1.165, 1.54) is 23.5 Å². The molecular formula is C24H30N10O6S4. The van der Waals surface area contributed by atoms with E-state index in [0.29, 0.717) is 42.3 Å². The van der Waals surface area contributed by atoms with Gasteiger partial charge < -0.3 is 38.1 Å². The molecule has 20 heteroatoms. The summed E-state index contributed by atoms with van der Waals surface area (Å²) in [6.07, 6.45) is 2.84. The lowest BCUT2D eigenvalue weighted by Crippen LogP contribution is -2.71. The predicted octanol–water partition coefficient (Wildman–Crippen LogP) is -0.402. The van der Waals surface area contributed by atoms with E-state index in [1.54, 1.807) is 24.0 Å². The Balaban J connectivity index is 1.37. The molecule has 3 amide bonds. The fourth-order valence-electron chi connectivity index (χ4n) is 4.17. The first-order valence-corrected chi connectivity index (χ1v) is 16.9. The molecule has 0 unspecified atom stereocenters. The summed E-state index contributed by atoms with van der Waals surface area (Å²) >= 11 is 4.86. The van der Waals surface area contributed by atoms with Gasteiger partial charge in [0.25, 0.3) is 11.8 Å². The number of oxime groups is 1. The third-order valence-electron chi connectivity index (χ3n) is 6.31. The van der Waals surface area contributed by atoms with Gasteiger partial charge in [-0.15, -0.1) is 11.8 Å². The van der Waals surface area contributed by atoms with Crippen molar-refractivity contribution in [1.29, 1.82) is 0 Å². The van der Waals surface area contributed by atoms with Crippen molar-refractivity contribution in [3.63, 3.8) is 0 Å². The van der Waals surface area contributed by atoms with Crippen molar-refractivity contribution >= 4 is 81.4 Å². The van der Waals surface area contributed by atoms with Crippen LogP contribution in [-0.4, -0.2) is 101 Å². The predicted molar refractivity (Wildman–Crippen MR) is 168 cm³/mol. The van der Waals surface area contributed by atoms with Crippen molar-refractivity contribution in [1.82, 2.24) is 29.9 Å². The van der Waals surface area contributed by atoms with Gasteiger partial charge in [0.1, 0.15) is 17.1 Å². The Bertz CT molecular complexity index is 1470. The number of nitrogen functional groups attached to an aromatic ring is 1. The SMILES string of the molecule is NCCC[C@H](N)C(=O)NCCSCc1ncccc1SC1=C(C(=O)O)N2C(=O)[C@@H](NC(=O)/C(=N\O)c3nsc(N)n3)[C@@H]2SC1. The van der Waals surface area contributed by atoms with Gasteiger partial charge in [0.2, 0.25) is 17.4 Å². The number of nitrogens with zero attached hydrogens (tertiary/aromatic N) is 5. The number of hydrogen-bond donors (Lipinski definition) is 7. The number of pyridine rings is 1. The number of rotatable bonds is 15. The number of aliphatic carboxylic acids is 1. The lowest BCUT2D eigenvalue weighted by atomic mass is 10.0. The maximum Gasteiger partial charge on any atom is 0.353 e. The minimum atomic E-state index is -1.28. The number of β-lactam (4-membered cyclic amide) rings is 1. The average Bonchev–Trinajstić information content (AvgIpc) is 3.44. The number of aromatic nitrogens is 3. The number of amides is 3. The summed E-state index contributed by atoms with van der Waals surface area (Å²) in [4.78, 5) is 60.8. The number of carbonyl (C=O) groups is 4. The van der Waals surface area contributed by atoms with E-state index >= 15 is 0 Å². The van der Waals surface area contributed by atoms with Gasteiger partial charge in [-0.1, -0.05) is 16.9 Å². The van der Waals surface area contributed by atoms with Crippen molar-refractivity contribution in [2.24, 2.45) is 16.6 Å². The molecule has 16 nitrogen and oxygen atoms in total. The zero-order chi connectivity index (χ0) is 31.8. The second kappa shape index (κ2) is 15.5. The van der Waals surface area contributed by atoms with Gasteiger partial charge in [0, 0.05) is 51.3 Å². The van der Waals surface area contributed by atoms with Crippen molar-refractivity contribution in [3.8, 4) is 0 Å². The van der Waals surface area contributed by atoms with Gasteiger partial charge in [-0.3, -0.25) is 24.3 Å². The summed E-state index contributed by atoms with van der Waals surface area (Å²) < 4.78 is 3.84. The molecule has 236 valence electrons. The first-order valence-electron chi connectivity index (χ1n) is 13.1. The van der Waals surface area contributed by atoms with Crippen molar-refractivity contribution in [3.05, 3.63) is 40.5 Å². The molecule has 2 aliphatic heterocycles. The number of nitrogens with two attached hydrogens (primary N) is 3. The Hall–Kier alpha value is -3.43. The molecule has 0 aromatic carbocycles. The normalized spacial score (nSPS) is 18.8. The lowest BCUT2D eigenvalue weighted by molar-refractivity contribution is -0.150. The molecule has 4 heterocycles. The Kier molecular flexibility index (Phi) is 11.8. The second-order valence-corrected chi connectivity index (χ2v) is 13.4. The first-order chi connectivity index (χ1) is 21.2. The molecule has 0 bridgehead atoms. The number of anilines is 1. The van der Waals surface area contributed by atoms with Crippen LogP contribution < -0.4 is 27.8 Å². The fraction of sp³-hybridized carbons (Fsp3) is 0.417. The largest absolute Gasteiger partial charge is 0.477 e. The summed E-state index contributed by atoms with van der Waals surface area (Å²) in [5.41, 5.74) is 16.9. The molecule has 2 aliphatic rings. The Morgan fingerprint density at radius 1 is 1.32 bits per heavy atom. The minimum absolute atomic E-state index is 0.0581. The molecule has 0 saturated carbocycles. The van der Waals surface area contributed by atoms with Crippen LogP contribution in [0, 0.1) is 0 Å². The lowest BCUT2D eigenvalue weighted by Gasteiger charge is -2.49. The highest BCUT2D eigenvalue weighted by Crippen LogP contribution is 2.45. The molecule has 44 heavy (non-hydrogen) atoms. The summed E-state index contributed by atoms with van der Waals surface area (Å²) in [5, 5.41) is 27.0. The second-order valence-electron chi connectivity index (χ2n) is 9.27. The summed E-state index contributed by atoms with van der Waals surface area (Å²) in [6.45, 7) is 0.902. The van der Waals surface area contributed by atoms with E-state index in [4.69, 9.17) is 17.2 Å². The topological polar surface area (TPSA) is 265 Å². The zero-order valence-corrected chi connectivity index (χ0v) is 26.3. The summed E-state index contributed by atoms with van der Waals surface area (Å²) in [6, 6.07) is 1.92. The highest BCUT2D eigenvalue weighted by atomic mass is 32.2. The zero-order valence-electron chi connectivity index (χ0n) is 23.0. The van der Waals surface area contributed by atoms with Crippen molar-refractivity contribution in [2.75, 3.05) is 30.3 Å². The molecule has 1 fully saturated rings. The fourth-order valence-corrected chi connectivity index (χ4v) is 8.09. The summed E-state index contributed by atoms with van der Waals surface area (Å²) in [5.74, 6) is -1.85. The molecule has 3 atom stereocenters. The van der Waals surface area contributed by atoms with Crippen LogP contribution in [0.5, 0.6) is 0 Å². The number of carboxylic acids is 1. The number of hydrogen-bond acceptors (Lipinski definition) is 16. The highest BCUT2D eigenvalue weighted by Gasteiger charge is 2.54. The number of nitrogens with one attached hydrogen (secondary N) is 2.